The Hall–Kier alpha value is -1.10. The third-order valence-corrected chi connectivity index (χ3v) is 3.24. The molecule has 0 aromatic rings. The lowest BCUT2D eigenvalue weighted by atomic mass is 9.88. The molecule has 3 N–H and O–H groups in total. The highest BCUT2D eigenvalue weighted by Crippen LogP contribution is 2.20. The van der Waals surface area contributed by atoms with E-state index in [9.17, 15) is 9.59 Å². The van der Waals surface area contributed by atoms with Crippen LogP contribution in [0.2, 0.25) is 0 Å². The summed E-state index contributed by atoms with van der Waals surface area (Å²) in [6.07, 6.45) is 2.15. The van der Waals surface area contributed by atoms with Gasteiger partial charge in [-0.05, 0) is 45.1 Å². The van der Waals surface area contributed by atoms with Crippen molar-refractivity contribution in [1.82, 2.24) is 5.32 Å². The van der Waals surface area contributed by atoms with Crippen molar-refractivity contribution in [2.45, 2.75) is 53.0 Å². The third-order valence-electron chi connectivity index (χ3n) is 3.24. The summed E-state index contributed by atoms with van der Waals surface area (Å²) in [5.74, 6) is 0.467. The first-order chi connectivity index (χ1) is 8.92. The molecule has 0 rings (SSSR count). The van der Waals surface area contributed by atoms with Gasteiger partial charge in [0.2, 0.25) is 5.91 Å². The summed E-state index contributed by atoms with van der Waals surface area (Å²) in [5, 5.41) is 2.66. The standard InChI is InChI=1S/C14H28N2O3/c1-5-19-14(18)11(4)16-13(17)7-6-12(8-9-15)10(2)3/h10-12H,5-9,15H2,1-4H3,(H,16,17). The molecular formula is C14H28N2O3. The average Bonchev–Trinajstić information content (AvgIpc) is 2.34. The van der Waals surface area contributed by atoms with E-state index >= 15 is 0 Å². The number of hydrogen-bond acceptors (Lipinski definition) is 4. The van der Waals surface area contributed by atoms with Gasteiger partial charge in [-0.1, -0.05) is 13.8 Å². The van der Waals surface area contributed by atoms with Crippen LogP contribution in [0, 0.1) is 11.8 Å². The minimum absolute atomic E-state index is 0.108. The van der Waals surface area contributed by atoms with Gasteiger partial charge in [0.15, 0.2) is 0 Å². The summed E-state index contributed by atoms with van der Waals surface area (Å²) >= 11 is 0. The lowest BCUT2D eigenvalue weighted by Gasteiger charge is -2.20. The number of nitrogens with two attached hydrogens (primary N) is 1. The molecule has 5 heteroatoms. The molecule has 2 atom stereocenters. The number of esters is 1. The Balaban J connectivity index is 4.06. The molecule has 19 heavy (non-hydrogen) atoms. The minimum atomic E-state index is -0.584. The predicted octanol–water partition coefficient (Wildman–Crippen LogP) is 1.46. The van der Waals surface area contributed by atoms with E-state index in [1.807, 2.05) is 0 Å². The van der Waals surface area contributed by atoms with Gasteiger partial charge in [-0.2, -0.15) is 0 Å². The Labute approximate surface area is 116 Å². The van der Waals surface area contributed by atoms with Crippen molar-refractivity contribution in [2.24, 2.45) is 17.6 Å². The van der Waals surface area contributed by atoms with Gasteiger partial charge in [-0.25, -0.2) is 4.79 Å². The third kappa shape index (κ3) is 7.82. The fourth-order valence-electron chi connectivity index (χ4n) is 1.98. The Bertz CT molecular complexity index is 280. The van der Waals surface area contributed by atoms with Crippen LogP contribution in [-0.4, -0.2) is 31.1 Å². The van der Waals surface area contributed by atoms with Crippen molar-refractivity contribution >= 4 is 11.9 Å². The summed E-state index contributed by atoms with van der Waals surface area (Å²) in [5.41, 5.74) is 5.57. The average molecular weight is 272 g/mol. The highest BCUT2D eigenvalue weighted by Gasteiger charge is 2.18. The van der Waals surface area contributed by atoms with Crippen molar-refractivity contribution in [2.75, 3.05) is 13.2 Å². The van der Waals surface area contributed by atoms with Gasteiger partial charge >= 0.3 is 5.97 Å². The zero-order valence-electron chi connectivity index (χ0n) is 12.6. The van der Waals surface area contributed by atoms with E-state index in [2.05, 4.69) is 19.2 Å². The van der Waals surface area contributed by atoms with Gasteiger partial charge in [-0.3, -0.25) is 4.79 Å². The van der Waals surface area contributed by atoms with Crippen molar-refractivity contribution in [3.63, 3.8) is 0 Å². The lowest BCUT2D eigenvalue weighted by Crippen LogP contribution is -2.39. The van der Waals surface area contributed by atoms with E-state index in [0.717, 1.165) is 12.8 Å². The van der Waals surface area contributed by atoms with Crippen LogP contribution in [0.5, 0.6) is 0 Å². The molecule has 0 aromatic carbocycles. The summed E-state index contributed by atoms with van der Waals surface area (Å²) < 4.78 is 4.84. The first-order valence-corrected chi connectivity index (χ1v) is 7.08. The summed E-state index contributed by atoms with van der Waals surface area (Å²) in [4.78, 5) is 23.1. The molecule has 2 unspecified atom stereocenters. The molecule has 0 aliphatic carbocycles. The second kappa shape index (κ2) is 9.78. The van der Waals surface area contributed by atoms with E-state index in [0.29, 0.717) is 31.4 Å². The number of ether oxygens (including phenoxy) is 1. The topological polar surface area (TPSA) is 81.4 Å². The largest absolute Gasteiger partial charge is 0.464 e. The van der Waals surface area contributed by atoms with Gasteiger partial charge in [0.1, 0.15) is 6.04 Å². The van der Waals surface area contributed by atoms with E-state index in [4.69, 9.17) is 10.5 Å². The second-order valence-corrected chi connectivity index (χ2v) is 5.16. The van der Waals surface area contributed by atoms with E-state index < -0.39 is 12.0 Å². The molecule has 0 heterocycles. The van der Waals surface area contributed by atoms with E-state index in [1.54, 1.807) is 13.8 Å². The molecule has 0 fully saturated rings. The molecule has 0 bridgehead atoms. The number of amides is 1. The predicted molar refractivity (Wildman–Crippen MR) is 75.5 cm³/mol. The highest BCUT2D eigenvalue weighted by atomic mass is 16.5. The Morgan fingerprint density at radius 3 is 2.32 bits per heavy atom. The maximum atomic E-state index is 11.7. The van der Waals surface area contributed by atoms with Crippen LogP contribution in [0.3, 0.4) is 0 Å². The fraction of sp³-hybridized carbons (Fsp3) is 0.857. The van der Waals surface area contributed by atoms with Crippen molar-refractivity contribution in [3.05, 3.63) is 0 Å². The monoisotopic (exact) mass is 272 g/mol. The minimum Gasteiger partial charge on any atom is -0.464 e. The summed E-state index contributed by atoms with van der Waals surface area (Å²) in [7, 11) is 0. The van der Waals surface area contributed by atoms with Crippen LogP contribution < -0.4 is 11.1 Å². The van der Waals surface area contributed by atoms with Crippen LogP contribution in [-0.2, 0) is 14.3 Å². The maximum absolute atomic E-state index is 11.7. The van der Waals surface area contributed by atoms with Crippen molar-refractivity contribution < 1.29 is 14.3 Å². The number of nitrogens with one attached hydrogen (secondary N) is 1. The molecular weight excluding hydrogens is 244 g/mol. The number of rotatable bonds is 9. The van der Waals surface area contributed by atoms with Gasteiger partial charge in [0.05, 0.1) is 6.61 Å². The molecule has 0 aliphatic heterocycles. The van der Waals surface area contributed by atoms with Gasteiger partial charge in [-0.15, -0.1) is 0 Å². The zero-order valence-corrected chi connectivity index (χ0v) is 12.6. The lowest BCUT2D eigenvalue weighted by molar-refractivity contribution is -0.146. The number of carbonyl (C=O) groups is 2. The molecule has 0 saturated heterocycles. The number of carbonyl (C=O) groups excluding carboxylic acids is 2. The normalized spacial score (nSPS) is 14.0. The smallest absolute Gasteiger partial charge is 0.328 e. The summed E-state index contributed by atoms with van der Waals surface area (Å²) in [6.45, 7) is 8.62. The van der Waals surface area contributed by atoms with Crippen LogP contribution in [0.25, 0.3) is 0 Å². The molecule has 0 aliphatic rings. The van der Waals surface area contributed by atoms with Crippen molar-refractivity contribution in [1.29, 1.82) is 0 Å². The Kier molecular flexibility index (Phi) is 9.21. The summed E-state index contributed by atoms with van der Waals surface area (Å²) in [6, 6.07) is -0.584. The van der Waals surface area contributed by atoms with Gasteiger partial charge in [0.25, 0.3) is 0 Å². The first-order valence-electron chi connectivity index (χ1n) is 7.08. The van der Waals surface area contributed by atoms with Crippen LogP contribution in [0.15, 0.2) is 0 Å². The molecule has 112 valence electrons. The van der Waals surface area contributed by atoms with Gasteiger partial charge in [0, 0.05) is 6.42 Å². The highest BCUT2D eigenvalue weighted by molar-refractivity contribution is 5.84. The Morgan fingerprint density at radius 2 is 1.84 bits per heavy atom. The van der Waals surface area contributed by atoms with E-state index in [1.165, 1.54) is 0 Å². The molecule has 0 saturated carbocycles. The SMILES string of the molecule is CCOC(=O)C(C)NC(=O)CCC(CCN)C(C)C. The zero-order chi connectivity index (χ0) is 14.8. The molecule has 5 nitrogen and oxygen atoms in total. The van der Waals surface area contributed by atoms with Crippen molar-refractivity contribution in [3.8, 4) is 0 Å². The quantitative estimate of drug-likeness (QED) is 0.623. The molecule has 0 aromatic heterocycles. The van der Waals surface area contributed by atoms with Crippen LogP contribution in [0.1, 0.15) is 47.0 Å². The van der Waals surface area contributed by atoms with Crippen LogP contribution >= 0.6 is 0 Å². The van der Waals surface area contributed by atoms with Crippen LogP contribution in [0.4, 0.5) is 0 Å². The maximum Gasteiger partial charge on any atom is 0.328 e. The molecule has 0 radical (unpaired) electrons. The number of hydrogen-bond donors (Lipinski definition) is 2. The van der Waals surface area contributed by atoms with Gasteiger partial charge < -0.3 is 15.8 Å². The van der Waals surface area contributed by atoms with E-state index in [-0.39, 0.29) is 5.91 Å². The molecule has 1 amide bonds. The first kappa shape index (κ1) is 17.9. The molecule has 0 spiro atoms. The Morgan fingerprint density at radius 1 is 1.21 bits per heavy atom. The second-order valence-electron chi connectivity index (χ2n) is 5.16. The fourth-order valence-corrected chi connectivity index (χ4v) is 1.98.